The van der Waals surface area contributed by atoms with E-state index in [2.05, 4.69) is 5.32 Å². The molecule has 1 aliphatic rings. The molecule has 1 fully saturated rings. The van der Waals surface area contributed by atoms with Gasteiger partial charge >= 0.3 is 0 Å². The number of benzene rings is 1. The van der Waals surface area contributed by atoms with Crippen molar-refractivity contribution in [2.75, 3.05) is 6.54 Å². The summed E-state index contributed by atoms with van der Waals surface area (Å²) in [6, 6.07) is 3.17. The summed E-state index contributed by atoms with van der Waals surface area (Å²) in [6.07, 6.45) is 4.07. The highest BCUT2D eigenvalue weighted by Gasteiger charge is 2.20. The second-order valence-corrected chi connectivity index (χ2v) is 4.73. The summed E-state index contributed by atoms with van der Waals surface area (Å²) in [5, 5.41) is 3.19. The lowest BCUT2D eigenvalue weighted by molar-refractivity contribution is -0.120. The van der Waals surface area contributed by atoms with Crippen LogP contribution >= 0.6 is 0 Å². The molecule has 1 aromatic carbocycles. The molecule has 1 heterocycles. The van der Waals surface area contributed by atoms with Crippen LogP contribution in [0.2, 0.25) is 0 Å². The van der Waals surface area contributed by atoms with Gasteiger partial charge in [-0.15, -0.1) is 0 Å². The predicted molar refractivity (Wildman–Crippen MR) is 65.3 cm³/mol. The third-order valence-electron chi connectivity index (χ3n) is 3.33. The Morgan fingerprint density at radius 3 is 2.89 bits per heavy atom. The molecule has 0 spiro atoms. The first kappa shape index (κ1) is 13.1. The molecule has 1 N–H and O–H groups in total. The van der Waals surface area contributed by atoms with Crippen molar-refractivity contribution in [2.24, 2.45) is 0 Å². The number of ketones is 1. The predicted octanol–water partition coefficient (Wildman–Crippen LogP) is 2.61. The molecule has 1 unspecified atom stereocenters. The molecule has 0 aliphatic carbocycles. The van der Waals surface area contributed by atoms with Crippen LogP contribution in [0.1, 0.15) is 31.2 Å². The fourth-order valence-electron chi connectivity index (χ4n) is 2.28. The fourth-order valence-corrected chi connectivity index (χ4v) is 2.28. The van der Waals surface area contributed by atoms with Gasteiger partial charge in [0.15, 0.2) is 5.78 Å². The molecule has 98 valence electrons. The van der Waals surface area contributed by atoms with E-state index in [-0.39, 0.29) is 23.8 Å². The lowest BCUT2D eigenvalue weighted by Crippen LogP contribution is -2.37. The van der Waals surface area contributed by atoms with Gasteiger partial charge < -0.3 is 5.32 Å². The van der Waals surface area contributed by atoms with Crippen molar-refractivity contribution in [1.29, 1.82) is 0 Å². The topological polar surface area (TPSA) is 29.1 Å². The van der Waals surface area contributed by atoms with Crippen molar-refractivity contribution in [3.63, 3.8) is 0 Å². The molecular formula is C14H17F2NO. The molecule has 18 heavy (non-hydrogen) atoms. The van der Waals surface area contributed by atoms with Crippen LogP contribution in [0, 0.1) is 11.6 Å². The molecule has 0 bridgehead atoms. The smallest absolute Gasteiger partial charge is 0.154 e. The van der Waals surface area contributed by atoms with Gasteiger partial charge in [0.1, 0.15) is 11.6 Å². The molecule has 0 radical (unpaired) electrons. The second-order valence-electron chi connectivity index (χ2n) is 4.73. The molecule has 1 aromatic rings. The number of hydrogen-bond donors (Lipinski definition) is 1. The minimum atomic E-state index is -0.642. The summed E-state index contributed by atoms with van der Waals surface area (Å²) in [4.78, 5) is 12.0. The lowest BCUT2D eigenvalue weighted by atomic mass is 10.00. The van der Waals surface area contributed by atoms with Gasteiger partial charge in [0.05, 0.1) is 6.04 Å². The van der Waals surface area contributed by atoms with Gasteiger partial charge in [-0.2, -0.15) is 0 Å². The van der Waals surface area contributed by atoms with Crippen molar-refractivity contribution >= 4 is 5.78 Å². The van der Waals surface area contributed by atoms with Crippen molar-refractivity contribution < 1.29 is 13.6 Å². The van der Waals surface area contributed by atoms with Gasteiger partial charge in [-0.3, -0.25) is 4.79 Å². The Kier molecular flexibility index (Phi) is 4.42. The average Bonchev–Trinajstić information content (AvgIpc) is 2.61. The van der Waals surface area contributed by atoms with E-state index >= 15 is 0 Å². The molecule has 0 saturated carbocycles. The average molecular weight is 253 g/mol. The largest absolute Gasteiger partial charge is 0.307 e. The summed E-state index contributed by atoms with van der Waals surface area (Å²) in [7, 11) is 0. The van der Waals surface area contributed by atoms with Crippen molar-refractivity contribution in [3.8, 4) is 0 Å². The van der Waals surface area contributed by atoms with E-state index in [0.717, 1.165) is 38.3 Å². The molecule has 2 rings (SSSR count). The Morgan fingerprint density at radius 2 is 2.11 bits per heavy atom. The van der Waals surface area contributed by atoms with Crippen LogP contribution in [0.3, 0.4) is 0 Å². The number of carbonyl (C=O) groups excluding carboxylic acids is 1. The summed E-state index contributed by atoms with van der Waals surface area (Å²) >= 11 is 0. The number of nitrogens with one attached hydrogen (secondary N) is 1. The molecule has 0 amide bonds. The third-order valence-corrected chi connectivity index (χ3v) is 3.33. The van der Waals surface area contributed by atoms with Gasteiger partial charge in [-0.1, -0.05) is 18.9 Å². The SMILES string of the molecule is O=C(Cc1ccc(F)cc1F)C1CCCCCN1. The summed E-state index contributed by atoms with van der Waals surface area (Å²) in [5.74, 6) is -1.27. The van der Waals surface area contributed by atoms with Crippen molar-refractivity contribution in [1.82, 2.24) is 5.32 Å². The highest BCUT2D eigenvalue weighted by atomic mass is 19.1. The lowest BCUT2D eigenvalue weighted by Gasteiger charge is -2.14. The maximum atomic E-state index is 13.4. The van der Waals surface area contributed by atoms with Crippen LogP contribution < -0.4 is 5.32 Å². The number of rotatable bonds is 3. The highest BCUT2D eigenvalue weighted by Crippen LogP contribution is 2.14. The Morgan fingerprint density at radius 1 is 1.28 bits per heavy atom. The summed E-state index contributed by atoms with van der Waals surface area (Å²) < 4.78 is 26.2. The minimum absolute atomic E-state index is 0.0117. The van der Waals surface area contributed by atoms with Gasteiger partial charge in [0.25, 0.3) is 0 Å². The van der Waals surface area contributed by atoms with Gasteiger partial charge in [-0.25, -0.2) is 8.78 Å². The zero-order valence-corrected chi connectivity index (χ0v) is 10.2. The van der Waals surface area contributed by atoms with Crippen molar-refractivity contribution in [2.45, 2.75) is 38.1 Å². The first-order chi connectivity index (χ1) is 8.66. The Labute approximate surface area is 105 Å². The second kappa shape index (κ2) is 6.05. The van der Waals surface area contributed by atoms with Gasteiger partial charge in [0, 0.05) is 12.5 Å². The van der Waals surface area contributed by atoms with E-state index in [4.69, 9.17) is 0 Å². The Hall–Kier alpha value is -1.29. The van der Waals surface area contributed by atoms with E-state index in [1.165, 1.54) is 12.1 Å². The van der Waals surface area contributed by atoms with Crippen LogP contribution in [0.25, 0.3) is 0 Å². The molecule has 1 atom stereocenters. The van der Waals surface area contributed by atoms with E-state index in [9.17, 15) is 13.6 Å². The molecule has 4 heteroatoms. The first-order valence-corrected chi connectivity index (χ1v) is 6.37. The zero-order chi connectivity index (χ0) is 13.0. The van der Waals surface area contributed by atoms with Crippen LogP contribution in [-0.2, 0) is 11.2 Å². The molecule has 1 aliphatic heterocycles. The zero-order valence-electron chi connectivity index (χ0n) is 10.2. The Bertz CT molecular complexity index is 426. The molecule has 1 saturated heterocycles. The maximum absolute atomic E-state index is 13.4. The van der Waals surface area contributed by atoms with Crippen LogP contribution in [0.15, 0.2) is 18.2 Å². The van der Waals surface area contributed by atoms with E-state index < -0.39 is 11.6 Å². The number of carbonyl (C=O) groups is 1. The molecular weight excluding hydrogens is 236 g/mol. The molecule has 0 aromatic heterocycles. The van der Waals surface area contributed by atoms with Crippen LogP contribution in [0.4, 0.5) is 8.78 Å². The Balaban J connectivity index is 2.01. The number of halogens is 2. The molecule has 2 nitrogen and oxygen atoms in total. The van der Waals surface area contributed by atoms with E-state index in [1.807, 2.05) is 0 Å². The fraction of sp³-hybridized carbons (Fsp3) is 0.500. The van der Waals surface area contributed by atoms with Crippen LogP contribution in [0.5, 0.6) is 0 Å². The quantitative estimate of drug-likeness (QED) is 0.897. The normalized spacial score (nSPS) is 20.4. The van der Waals surface area contributed by atoms with E-state index in [0.29, 0.717) is 0 Å². The standard InChI is InChI=1S/C14H17F2NO/c15-11-6-5-10(12(16)9-11)8-14(18)13-4-2-1-3-7-17-13/h5-6,9,13,17H,1-4,7-8H2. The van der Waals surface area contributed by atoms with Crippen molar-refractivity contribution in [3.05, 3.63) is 35.4 Å². The van der Waals surface area contributed by atoms with Crippen LogP contribution in [-0.4, -0.2) is 18.4 Å². The summed E-state index contributed by atoms with van der Waals surface area (Å²) in [6.45, 7) is 0.836. The number of Topliss-reactive ketones (excluding diaryl/α,β-unsaturated/α-hetero) is 1. The minimum Gasteiger partial charge on any atom is -0.307 e. The van der Waals surface area contributed by atoms with Gasteiger partial charge in [0.2, 0.25) is 0 Å². The number of hydrogen-bond acceptors (Lipinski definition) is 2. The summed E-state index contributed by atoms with van der Waals surface area (Å²) in [5.41, 5.74) is 0.271. The maximum Gasteiger partial charge on any atom is 0.154 e. The van der Waals surface area contributed by atoms with Gasteiger partial charge in [-0.05, 0) is 31.0 Å². The third kappa shape index (κ3) is 3.35. The monoisotopic (exact) mass is 253 g/mol. The highest BCUT2D eigenvalue weighted by molar-refractivity contribution is 5.86. The van der Waals surface area contributed by atoms with E-state index in [1.54, 1.807) is 0 Å². The first-order valence-electron chi connectivity index (χ1n) is 6.37.